The minimum Gasteiger partial charge on any atom is -0.498 e. The fourth-order valence-electron chi connectivity index (χ4n) is 12.4. The van der Waals surface area contributed by atoms with E-state index < -0.39 is 0 Å². The molecular weight excluding hydrogens is 1090 g/mol. The van der Waals surface area contributed by atoms with E-state index in [1.165, 1.54) is 45.2 Å². The van der Waals surface area contributed by atoms with Crippen LogP contribution in [0, 0.1) is 10.8 Å². The Bertz CT molecular complexity index is 3470. The smallest absolute Gasteiger partial charge is 0.121 e. The van der Waals surface area contributed by atoms with Gasteiger partial charge in [-0.25, -0.2) is 0 Å². The van der Waals surface area contributed by atoms with Gasteiger partial charge in [0.1, 0.15) is 17.3 Å². The fraction of sp³-hybridized carbons (Fsp3) is 0.359. The van der Waals surface area contributed by atoms with Gasteiger partial charge >= 0.3 is 0 Å². The highest BCUT2D eigenvalue weighted by Gasteiger charge is 2.34. The molecule has 1 atom stereocenters. The van der Waals surface area contributed by atoms with E-state index in [1.54, 1.807) is 0 Å². The maximum Gasteiger partial charge on any atom is 0.121 e. The second-order valence-corrected chi connectivity index (χ2v) is 25.1. The summed E-state index contributed by atoms with van der Waals surface area (Å²) in [6.07, 6.45) is 39.3. The lowest BCUT2D eigenvalue weighted by Gasteiger charge is -2.37. The standard InChI is InChI=1S/C78H87N3O7/c1-77(56-84-57-77)54-82-48-12-14-50-86-75-26-16-24-71(52-75)80(67-36-28-61(29-37-67)60-18-6-3-7-19-60)69-40-44-73(45-41-69)88-74-46-42-70(43-47-74)81(72-25-17-27-76(53-72)87-51-15-13-49-83-55-78(2)58-85-59-78)68-38-32-63(33-39-68)62-30-34-66(35-31-62)79(64-20-8-4-9-21-64)65-22-10-5-11-23-65/h3-4,6-10,16,18-26,28-30,32-40,42,44,46,52-53,62H,5,11-15,17,27,31,41,43,45,47-51,54-59H2,1-2H3. The maximum absolute atomic E-state index is 6.81. The molecule has 0 radical (unpaired) electrons. The van der Waals surface area contributed by atoms with E-state index in [4.69, 9.17) is 33.2 Å². The zero-order chi connectivity index (χ0) is 59.8. The van der Waals surface area contributed by atoms with Crippen LogP contribution in [0.1, 0.15) is 109 Å². The van der Waals surface area contributed by atoms with E-state index in [1.807, 2.05) is 0 Å². The third-order valence-corrected chi connectivity index (χ3v) is 17.4. The van der Waals surface area contributed by atoms with E-state index in [9.17, 15) is 0 Å². The third kappa shape index (κ3) is 15.7. The summed E-state index contributed by atoms with van der Waals surface area (Å²) in [5, 5.41) is 0. The average Bonchev–Trinajstić information content (AvgIpc) is 2.67. The monoisotopic (exact) mass is 1180 g/mol. The summed E-state index contributed by atoms with van der Waals surface area (Å²) >= 11 is 0. The number of rotatable bonds is 29. The van der Waals surface area contributed by atoms with Crippen molar-refractivity contribution in [2.75, 3.05) is 80.8 Å². The molecule has 7 aliphatic rings. The minimum atomic E-state index is 0.169. The van der Waals surface area contributed by atoms with Gasteiger partial charge < -0.3 is 47.9 Å². The van der Waals surface area contributed by atoms with Crippen LogP contribution in [-0.2, 0) is 28.4 Å². The topological polar surface area (TPSA) is 74.3 Å². The van der Waals surface area contributed by atoms with Gasteiger partial charge in [0.2, 0.25) is 0 Å². The molecule has 0 N–H and O–H groups in total. The van der Waals surface area contributed by atoms with E-state index in [-0.39, 0.29) is 16.7 Å². The summed E-state index contributed by atoms with van der Waals surface area (Å²) in [4.78, 5) is 7.20. The van der Waals surface area contributed by atoms with Crippen molar-refractivity contribution in [2.45, 2.75) is 103 Å². The molecule has 456 valence electrons. The number of ether oxygens (including phenoxy) is 7. The van der Waals surface area contributed by atoms with Gasteiger partial charge in [0.25, 0.3) is 0 Å². The minimum absolute atomic E-state index is 0.169. The van der Waals surface area contributed by atoms with Gasteiger partial charge in [0.15, 0.2) is 0 Å². The molecule has 0 bridgehead atoms. The Balaban J connectivity index is 0.740. The van der Waals surface area contributed by atoms with Crippen LogP contribution in [0.25, 0.3) is 11.1 Å². The quantitative estimate of drug-likeness (QED) is 0.0432. The van der Waals surface area contributed by atoms with Gasteiger partial charge in [-0.3, -0.25) is 0 Å². The van der Waals surface area contributed by atoms with Crippen molar-refractivity contribution in [3.05, 3.63) is 258 Å². The number of hydrogen-bond acceptors (Lipinski definition) is 10. The molecule has 5 aliphatic carbocycles. The second kappa shape index (κ2) is 29.4. The zero-order valence-corrected chi connectivity index (χ0v) is 51.7. The fourth-order valence-corrected chi connectivity index (χ4v) is 12.4. The number of anilines is 4. The lowest BCUT2D eigenvalue weighted by atomic mass is 9.90. The molecule has 0 spiro atoms. The molecule has 1 unspecified atom stereocenters. The highest BCUT2D eigenvalue weighted by molar-refractivity contribution is 5.74. The highest BCUT2D eigenvalue weighted by atomic mass is 16.5. The van der Waals surface area contributed by atoms with Gasteiger partial charge in [-0.2, -0.15) is 0 Å². The van der Waals surface area contributed by atoms with Crippen molar-refractivity contribution in [1.82, 2.24) is 0 Å². The van der Waals surface area contributed by atoms with Gasteiger partial charge in [-0.1, -0.05) is 123 Å². The van der Waals surface area contributed by atoms with Crippen LogP contribution in [-0.4, -0.2) is 66.1 Å². The Labute approximate surface area is 522 Å². The highest BCUT2D eigenvalue weighted by Crippen LogP contribution is 2.41. The van der Waals surface area contributed by atoms with Gasteiger partial charge in [0, 0.05) is 107 Å². The first kappa shape index (κ1) is 60.4. The molecule has 10 nitrogen and oxygen atoms in total. The maximum atomic E-state index is 6.81. The number of unbranched alkanes of at least 4 members (excludes halogenated alkanes) is 2. The lowest BCUT2D eigenvalue weighted by Crippen LogP contribution is -2.43. The van der Waals surface area contributed by atoms with Crippen molar-refractivity contribution in [3.8, 4) is 16.9 Å². The summed E-state index contributed by atoms with van der Waals surface area (Å²) in [6, 6.07) is 48.0. The first-order valence-electron chi connectivity index (χ1n) is 32.3. The first-order chi connectivity index (χ1) is 43.3. The molecule has 2 saturated heterocycles. The van der Waals surface area contributed by atoms with Crippen molar-refractivity contribution in [3.63, 3.8) is 0 Å². The molecule has 2 aliphatic heterocycles. The second-order valence-electron chi connectivity index (χ2n) is 25.1. The van der Waals surface area contributed by atoms with Crippen LogP contribution >= 0.6 is 0 Å². The number of benzene rings is 5. The molecular formula is C78H87N3O7. The number of hydrogen-bond donors (Lipinski definition) is 0. The molecule has 88 heavy (non-hydrogen) atoms. The Morgan fingerprint density at radius 1 is 0.466 bits per heavy atom. The predicted molar refractivity (Wildman–Crippen MR) is 356 cm³/mol. The zero-order valence-electron chi connectivity index (χ0n) is 51.7. The van der Waals surface area contributed by atoms with Crippen LogP contribution in [0.4, 0.5) is 22.7 Å². The number of allylic oxidation sites excluding steroid dienone is 17. The summed E-state index contributed by atoms with van der Waals surface area (Å²) in [6.45, 7) is 11.9. The number of para-hydroxylation sites is 1. The summed E-state index contributed by atoms with van der Waals surface area (Å²) in [5.41, 5.74) is 14.5. The lowest BCUT2D eigenvalue weighted by molar-refractivity contribution is -0.138. The van der Waals surface area contributed by atoms with Crippen molar-refractivity contribution < 1.29 is 33.2 Å². The van der Waals surface area contributed by atoms with Crippen LogP contribution in [0.3, 0.4) is 0 Å². The van der Waals surface area contributed by atoms with E-state index >= 15 is 0 Å². The molecule has 2 fully saturated rings. The van der Waals surface area contributed by atoms with Crippen molar-refractivity contribution in [2.24, 2.45) is 10.8 Å². The molecule has 0 aromatic heterocycles. The summed E-state index contributed by atoms with van der Waals surface area (Å²) in [7, 11) is 0. The average molecular weight is 1180 g/mol. The van der Waals surface area contributed by atoms with Crippen LogP contribution < -0.4 is 19.4 Å². The van der Waals surface area contributed by atoms with Crippen molar-refractivity contribution >= 4 is 22.7 Å². The van der Waals surface area contributed by atoms with E-state index in [0.717, 1.165) is 182 Å². The Morgan fingerprint density at radius 3 is 1.66 bits per heavy atom. The van der Waals surface area contributed by atoms with Crippen LogP contribution in [0.5, 0.6) is 5.75 Å². The van der Waals surface area contributed by atoms with Gasteiger partial charge in [-0.05, 0) is 172 Å². The normalized spacial score (nSPS) is 19.2. The molecule has 0 saturated carbocycles. The Kier molecular flexibility index (Phi) is 20.2. The number of nitrogens with zero attached hydrogens (tertiary/aromatic N) is 3. The van der Waals surface area contributed by atoms with Crippen LogP contribution in [0.15, 0.2) is 252 Å². The van der Waals surface area contributed by atoms with E-state index in [0.29, 0.717) is 13.2 Å². The summed E-state index contributed by atoms with van der Waals surface area (Å²) < 4.78 is 42.5. The third-order valence-electron chi connectivity index (χ3n) is 17.4. The summed E-state index contributed by atoms with van der Waals surface area (Å²) in [5.74, 6) is 4.11. The molecule has 12 rings (SSSR count). The first-order valence-corrected chi connectivity index (χ1v) is 32.3. The SMILES string of the molecule is CC1(COCCCCOC2=CC(N(C3=CC=C(OC4=CC=C(N(c5ccc(-c6ccccc6)cc5)c5cccc(OCCCCOCC6(C)COC6)c5)CC4)CC3)c3ccc(C4C=CC(N(C5=CCCC=C5)c5ccccc5)=CC4)cc3)=CCC2)COC1. The Hall–Kier alpha value is -7.86. The molecule has 0 amide bonds. The Morgan fingerprint density at radius 2 is 1.05 bits per heavy atom. The largest absolute Gasteiger partial charge is 0.498 e. The predicted octanol–water partition coefficient (Wildman–Crippen LogP) is 18.4. The van der Waals surface area contributed by atoms with Gasteiger partial charge in [-0.15, -0.1) is 0 Å². The van der Waals surface area contributed by atoms with Crippen LogP contribution in [0.2, 0.25) is 0 Å². The molecule has 10 heteroatoms. The molecule has 5 aromatic carbocycles. The van der Waals surface area contributed by atoms with Crippen molar-refractivity contribution in [1.29, 1.82) is 0 Å². The van der Waals surface area contributed by atoms with E-state index in [2.05, 4.69) is 235 Å². The molecule has 5 aromatic rings. The van der Waals surface area contributed by atoms with Gasteiger partial charge in [0.05, 0.1) is 58.6 Å². The molecule has 2 heterocycles.